The summed E-state index contributed by atoms with van der Waals surface area (Å²) in [7, 11) is 1.38. The van der Waals surface area contributed by atoms with Gasteiger partial charge in [-0.2, -0.15) is 0 Å². The van der Waals surface area contributed by atoms with Crippen LogP contribution in [0.25, 0.3) is 22.1 Å². The van der Waals surface area contributed by atoms with Gasteiger partial charge in [0, 0.05) is 29.1 Å². The van der Waals surface area contributed by atoms with Crippen molar-refractivity contribution >= 4 is 38.8 Å². The predicted octanol–water partition coefficient (Wildman–Crippen LogP) is 5.02. The molecule has 0 radical (unpaired) electrons. The van der Waals surface area contributed by atoms with E-state index in [9.17, 15) is 24.6 Å². The van der Waals surface area contributed by atoms with E-state index in [0.717, 1.165) is 15.6 Å². The molecular formula is C33H32BrNO10. The number of fused-ring (bicyclic) bond motifs is 1. The lowest BCUT2D eigenvalue weighted by molar-refractivity contribution is -0.304. The average Bonchev–Trinajstić information content (AvgIpc) is 2.99. The number of methoxy groups -OCH3 is 1. The zero-order valence-corrected chi connectivity index (χ0v) is 26.5. The van der Waals surface area contributed by atoms with Gasteiger partial charge in [-0.25, -0.2) is 9.59 Å². The second-order valence-electron chi connectivity index (χ2n) is 11.2. The molecule has 5 rings (SSSR count). The summed E-state index contributed by atoms with van der Waals surface area (Å²) in [5, 5.41) is 22.3. The largest absolute Gasteiger partial charge is 0.507 e. The van der Waals surface area contributed by atoms with E-state index in [1.807, 2.05) is 30.3 Å². The van der Waals surface area contributed by atoms with Gasteiger partial charge in [-0.15, -0.1) is 0 Å². The fourth-order valence-corrected chi connectivity index (χ4v) is 6.09. The number of nitrogens with two attached hydrogens (primary N) is 1. The molecule has 12 heteroatoms. The highest BCUT2D eigenvalue weighted by Crippen LogP contribution is 2.38. The van der Waals surface area contributed by atoms with Crippen molar-refractivity contribution in [2.24, 2.45) is 5.73 Å². The van der Waals surface area contributed by atoms with E-state index < -0.39 is 41.9 Å². The molecule has 2 heterocycles. The maximum Gasteiger partial charge on any atom is 0.404 e. The van der Waals surface area contributed by atoms with Crippen LogP contribution in [0.3, 0.4) is 0 Å². The molecule has 0 saturated carbocycles. The number of aryl methyl sites for hydroxylation is 1. The number of ketones is 1. The molecule has 4 aromatic rings. The van der Waals surface area contributed by atoms with E-state index in [0.29, 0.717) is 11.1 Å². The van der Waals surface area contributed by atoms with Crippen LogP contribution in [0, 0.1) is 6.92 Å². The molecule has 236 valence electrons. The smallest absolute Gasteiger partial charge is 0.404 e. The molecule has 11 nitrogen and oxygen atoms in total. The Morgan fingerprint density at radius 3 is 2.51 bits per heavy atom. The van der Waals surface area contributed by atoms with Gasteiger partial charge >= 0.3 is 11.7 Å². The molecule has 3 aromatic carbocycles. The Labute approximate surface area is 266 Å². The zero-order chi connectivity index (χ0) is 32.6. The minimum absolute atomic E-state index is 0.0198. The fraction of sp³-hybridized carbons (Fsp3) is 0.303. The molecule has 1 saturated heterocycles. The number of aromatic hydroxyl groups is 1. The Kier molecular flexibility index (Phi) is 9.04. The molecular weight excluding hydrogens is 650 g/mol. The zero-order valence-electron chi connectivity index (χ0n) is 24.9. The molecule has 45 heavy (non-hydrogen) atoms. The van der Waals surface area contributed by atoms with Crippen molar-refractivity contribution in [2.75, 3.05) is 7.11 Å². The standard InChI is InChI=1S/C33H32BrNO10/c1-16-24(42-31-26(38)28(44-32(35)40)29(41-4)33(2,3)45-31)13-12-20-25(37)21(30(39)43-27(16)20)15-23(36)18-9-7-8-17(14-18)19-10-5-6-11-22(19)34/h5-14,26,28-29,31,37-38H,15H2,1-4H3,(H2,35,40)/t26-,28+,29-,31-/m1/s1. The first-order valence-electron chi connectivity index (χ1n) is 14.0. The van der Waals surface area contributed by atoms with E-state index in [2.05, 4.69) is 15.9 Å². The van der Waals surface area contributed by atoms with E-state index in [1.54, 1.807) is 39.0 Å². The number of aliphatic hydroxyl groups excluding tert-OH is 1. The van der Waals surface area contributed by atoms with Crippen LogP contribution in [0.4, 0.5) is 4.79 Å². The van der Waals surface area contributed by atoms with E-state index >= 15 is 0 Å². The third-order valence-electron chi connectivity index (χ3n) is 7.81. The van der Waals surface area contributed by atoms with E-state index in [4.69, 9.17) is 29.1 Å². The van der Waals surface area contributed by atoms with Crippen LogP contribution in [-0.4, -0.2) is 59.4 Å². The second-order valence-corrected chi connectivity index (χ2v) is 12.1. The number of rotatable bonds is 8. The molecule has 0 bridgehead atoms. The van der Waals surface area contributed by atoms with Gasteiger partial charge in [0.15, 0.2) is 18.0 Å². The summed E-state index contributed by atoms with van der Waals surface area (Å²) in [5.41, 5.74) is 5.48. The molecule has 0 unspecified atom stereocenters. The highest BCUT2D eigenvalue weighted by Gasteiger charge is 2.53. The fourth-order valence-electron chi connectivity index (χ4n) is 5.57. The van der Waals surface area contributed by atoms with Gasteiger partial charge in [0.05, 0.1) is 16.6 Å². The minimum atomic E-state index is -1.50. The number of benzene rings is 3. The molecule has 1 aliphatic rings. The third kappa shape index (κ3) is 6.32. The number of primary amides is 1. The minimum Gasteiger partial charge on any atom is -0.507 e. The number of Topliss-reactive ketones (excluding diaryl/α,β-unsaturated/α-hetero) is 1. The topological polar surface area (TPSA) is 168 Å². The van der Waals surface area contributed by atoms with Crippen molar-refractivity contribution in [1.29, 1.82) is 0 Å². The quantitative estimate of drug-likeness (QED) is 0.170. The lowest BCUT2D eigenvalue weighted by atomic mass is 9.89. The van der Waals surface area contributed by atoms with E-state index in [1.165, 1.54) is 19.2 Å². The van der Waals surface area contributed by atoms with Crippen LogP contribution in [0.2, 0.25) is 0 Å². The normalized spacial score (nSPS) is 20.9. The van der Waals surface area contributed by atoms with Crippen LogP contribution < -0.4 is 16.1 Å². The first-order valence-corrected chi connectivity index (χ1v) is 14.8. The van der Waals surface area contributed by atoms with Crippen molar-refractivity contribution in [2.45, 2.75) is 57.4 Å². The van der Waals surface area contributed by atoms with Crippen molar-refractivity contribution in [3.63, 3.8) is 0 Å². The highest BCUT2D eigenvalue weighted by molar-refractivity contribution is 9.10. The number of hydrogen-bond donors (Lipinski definition) is 3. The molecule has 1 fully saturated rings. The van der Waals surface area contributed by atoms with Gasteiger partial charge in [0.1, 0.15) is 23.2 Å². The van der Waals surface area contributed by atoms with Crippen molar-refractivity contribution in [3.8, 4) is 22.6 Å². The Balaban J connectivity index is 1.42. The second kappa shape index (κ2) is 12.6. The Hall–Kier alpha value is -4.23. The molecule has 0 spiro atoms. The Morgan fingerprint density at radius 1 is 1.09 bits per heavy atom. The van der Waals surface area contributed by atoms with Crippen LogP contribution in [0.15, 0.2) is 74.3 Å². The van der Waals surface area contributed by atoms with E-state index in [-0.39, 0.29) is 40.2 Å². The third-order valence-corrected chi connectivity index (χ3v) is 8.50. The maximum atomic E-state index is 13.3. The molecule has 1 aromatic heterocycles. The summed E-state index contributed by atoms with van der Waals surface area (Å²) in [6.45, 7) is 4.93. The predicted molar refractivity (Wildman–Crippen MR) is 167 cm³/mol. The molecule has 4 atom stereocenters. The number of aliphatic hydroxyl groups is 1. The first-order chi connectivity index (χ1) is 21.3. The molecule has 1 amide bonds. The average molecular weight is 683 g/mol. The van der Waals surface area contributed by atoms with Crippen LogP contribution in [0.1, 0.15) is 35.3 Å². The molecule has 1 aliphatic heterocycles. The number of carbonyl (C=O) groups is 2. The van der Waals surface area contributed by atoms with Crippen molar-refractivity contribution in [1.82, 2.24) is 0 Å². The highest BCUT2D eigenvalue weighted by atomic mass is 79.9. The first kappa shape index (κ1) is 32.2. The Bertz CT molecular complexity index is 1830. The van der Waals surface area contributed by atoms with Gasteiger partial charge < -0.3 is 39.3 Å². The van der Waals surface area contributed by atoms with Gasteiger partial charge in [0.25, 0.3) is 0 Å². The van der Waals surface area contributed by atoms with Gasteiger partial charge in [-0.05, 0) is 56.2 Å². The van der Waals surface area contributed by atoms with Crippen LogP contribution in [-0.2, 0) is 20.6 Å². The summed E-state index contributed by atoms with van der Waals surface area (Å²) in [5.74, 6) is -0.610. The number of carbonyl (C=O) groups excluding carboxylic acids is 2. The summed E-state index contributed by atoms with van der Waals surface area (Å²) in [4.78, 5) is 37.9. The van der Waals surface area contributed by atoms with Crippen LogP contribution >= 0.6 is 15.9 Å². The summed E-state index contributed by atoms with van der Waals surface area (Å²) in [6.07, 6.45) is -6.41. The number of amides is 1. The SMILES string of the molecule is CO[C@@H]1[C@@H](OC(N)=O)[C@@H](O)[C@H](Oc2ccc3c(O)c(CC(=O)c4cccc(-c5ccccc5Br)c4)c(=O)oc3c2C)OC1(C)C. The van der Waals surface area contributed by atoms with Gasteiger partial charge in [-0.1, -0.05) is 52.3 Å². The number of halogens is 1. The van der Waals surface area contributed by atoms with Crippen molar-refractivity contribution in [3.05, 3.63) is 92.2 Å². The van der Waals surface area contributed by atoms with Gasteiger partial charge in [-0.3, -0.25) is 4.79 Å². The van der Waals surface area contributed by atoms with Crippen molar-refractivity contribution < 1.29 is 43.2 Å². The number of hydrogen-bond acceptors (Lipinski definition) is 10. The lowest BCUT2D eigenvalue weighted by Gasteiger charge is -2.47. The monoisotopic (exact) mass is 681 g/mol. The summed E-state index contributed by atoms with van der Waals surface area (Å²) >= 11 is 3.53. The van der Waals surface area contributed by atoms with Gasteiger partial charge in [0.2, 0.25) is 6.29 Å². The van der Waals surface area contributed by atoms with Crippen LogP contribution in [0.5, 0.6) is 11.5 Å². The molecule has 4 N–H and O–H groups in total. The maximum absolute atomic E-state index is 13.3. The summed E-state index contributed by atoms with van der Waals surface area (Å²) in [6, 6.07) is 17.6. The summed E-state index contributed by atoms with van der Waals surface area (Å²) < 4.78 is 28.9. The Morgan fingerprint density at radius 2 is 1.82 bits per heavy atom. The molecule has 0 aliphatic carbocycles. The lowest BCUT2D eigenvalue weighted by Crippen LogP contribution is -2.65. The number of ether oxygens (including phenoxy) is 4.